The minimum Gasteiger partial charge on any atom is -0.381 e. The van der Waals surface area contributed by atoms with Crippen LogP contribution < -0.4 is 11.0 Å². The fourth-order valence-corrected chi connectivity index (χ4v) is 3.21. The van der Waals surface area contributed by atoms with Crippen molar-refractivity contribution in [2.75, 3.05) is 13.2 Å². The first-order chi connectivity index (χ1) is 12.6. The number of aromatic amines is 1. The molecule has 0 atom stereocenters. The molecule has 0 saturated carbocycles. The molecule has 1 fully saturated rings. The topological polar surface area (TPSA) is 89.0 Å². The Balaban J connectivity index is 1.61. The highest BCUT2D eigenvalue weighted by Gasteiger charge is 2.17. The number of hydrogen-bond acceptors (Lipinski definition) is 4. The maximum Gasteiger partial charge on any atom is 0.327 e. The summed E-state index contributed by atoms with van der Waals surface area (Å²) in [7, 11) is 1.70. The van der Waals surface area contributed by atoms with Crippen LogP contribution in [0.25, 0.3) is 22.3 Å². The van der Waals surface area contributed by atoms with Crippen LogP contribution in [-0.4, -0.2) is 39.7 Å². The van der Waals surface area contributed by atoms with E-state index in [1.165, 1.54) is 4.57 Å². The van der Waals surface area contributed by atoms with E-state index in [0.29, 0.717) is 24.4 Å². The lowest BCUT2D eigenvalue weighted by atomic mass is 10.0. The molecule has 1 aliphatic rings. The van der Waals surface area contributed by atoms with Crippen LogP contribution in [0.3, 0.4) is 0 Å². The van der Waals surface area contributed by atoms with E-state index in [4.69, 9.17) is 4.74 Å². The first kappa shape index (κ1) is 16.5. The molecule has 0 unspecified atom stereocenters. The smallest absolute Gasteiger partial charge is 0.327 e. The van der Waals surface area contributed by atoms with Gasteiger partial charge in [-0.2, -0.15) is 0 Å². The Morgan fingerprint density at radius 3 is 2.88 bits per heavy atom. The van der Waals surface area contributed by atoms with Crippen LogP contribution in [0.2, 0.25) is 0 Å². The van der Waals surface area contributed by atoms with E-state index in [1.54, 1.807) is 19.3 Å². The minimum absolute atomic E-state index is 0.0816. The normalized spacial score (nSPS) is 15.3. The second kappa shape index (κ2) is 6.76. The van der Waals surface area contributed by atoms with Gasteiger partial charge in [0.2, 0.25) is 0 Å². The van der Waals surface area contributed by atoms with Gasteiger partial charge < -0.3 is 10.1 Å². The zero-order valence-electron chi connectivity index (χ0n) is 14.5. The van der Waals surface area contributed by atoms with Gasteiger partial charge in [-0.05, 0) is 36.6 Å². The number of pyridine rings is 1. The number of aryl methyl sites for hydroxylation is 1. The van der Waals surface area contributed by atoms with E-state index in [9.17, 15) is 9.59 Å². The Morgan fingerprint density at radius 1 is 1.27 bits per heavy atom. The maximum absolute atomic E-state index is 12.5. The van der Waals surface area contributed by atoms with Crippen molar-refractivity contribution >= 4 is 17.1 Å². The molecule has 2 N–H and O–H groups in total. The predicted molar refractivity (Wildman–Crippen MR) is 98.1 cm³/mol. The van der Waals surface area contributed by atoms with Crippen LogP contribution in [0, 0.1) is 0 Å². The van der Waals surface area contributed by atoms with Crippen molar-refractivity contribution in [1.82, 2.24) is 19.9 Å². The van der Waals surface area contributed by atoms with Gasteiger partial charge in [0.1, 0.15) is 0 Å². The quantitative estimate of drug-likeness (QED) is 0.753. The number of nitrogens with one attached hydrogen (secondary N) is 2. The van der Waals surface area contributed by atoms with Gasteiger partial charge in [-0.15, -0.1) is 0 Å². The van der Waals surface area contributed by atoms with Gasteiger partial charge in [0.25, 0.3) is 5.91 Å². The second-order valence-electron chi connectivity index (χ2n) is 6.52. The molecule has 7 nitrogen and oxygen atoms in total. The van der Waals surface area contributed by atoms with Crippen molar-refractivity contribution in [3.63, 3.8) is 0 Å². The zero-order valence-corrected chi connectivity index (χ0v) is 14.5. The van der Waals surface area contributed by atoms with Crippen molar-refractivity contribution in [3.05, 3.63) is 52.6 Å². The molecule has 0 aliphatic carbocycles. The molecule has 2 aromatic heterocycles. The summed E-state index contributed by atoms with van der Waals surface area (Å²) < 4.78 is 6.85. The third kappa shape index (κ3) is 3.13. The molecule has 7 heteroatoms. The van der Waals surface area contributed by atoms with Gasteiger partial charge in [-0.25, -0.2) is 9.78 Å². The molecule has 1 saturated heterocycles. The van der Waals surface area contributed by atoms with Gasteiger partial charge in [0.05, 0.1) is 5.52 Å². The van der Waals surface area contributed by atoms with Crippen LogP contribution >= 0.6 is 0 Å². The zero-order chi connectivity index (χ0) is 18.1. The first-order valence-corrected chi connectivity index (χ1v) is 8.65. The number of carbonyl (C=O) groups excluding carboxylic acids is 1. The monoisotopic (exact) mass is 352 g/mol. The van der Waals surface area contributed by atoms with Crippen LogP contribution in [-0.2, 0) is 11.8 Å². The van der Waals surface area contributed by atoms with E-state index in [0.717, 1.165) is 29.5 Å². The summed E-state index contributed by atoms with van der Waals surface area (Å²) >= 11 is 0. The van der Waals surface area contributed by atoms with Crippen molar-refractivity contribution in [2.24, 2.45) is 7.05 Å². The van der Waals surface area contributed by atoms with Crippen molar-refractivity contribution < 1.29 is 9.53 Å². The number of rotatable bonds is 3. The highest BCUT2D eigenvalue weighted by Crippen LogP contribution is 2.22. The first-order valence-electron chi connectivity index (χ1n) is 8.65. The minimum atomic E-state index is -0.200. The van der Waals surface area contributed by atoms with Crippen LogP contribution in [0.1, 0.15) is 23.2 Å². The van der Waals surface area contributed by atoms with Gasteiger partial charge in [0, 0.05) is 43.6 Å². The van der Waals surface area contributed by atoms with Crippen LogP contribution in [0.15, 0.2) is 41.3 Å². The molecule has 0 spiro atoms. The molecule has 1 aromatic carbocycles. The van der Waals surface area contributed by atoms with E-state index in [2.05, 4.69) is 15.3 Å². The molecule has 26 heavy (non-hydrogen) atoms. The fraction of sp³-hybridized carbons (Fsp3) is 0.316. The molecule has 134 valence electrons. The molecule has 1 amide bonds. The Bertz CT molecular complexity index is 1020. The van der Waals surface area contributed by atoms with E-state index < -0.39 is 0 Å². The van der Waals surface area contributed by atoms with Crippen molar-refractivity contribution in [3.8, 4) is 11.1 Å². The van der Waals surface area contributed by atoms with E-state index >= 15 is 0 Å². The summed E-state index contributed by atoms with van der Waals surface area (Å²) in [5.74, 6) is -0.0816. The van der Waals surface area contributed by atoms with Gasteiger partial charge >= 0.3 is 5.69 Å². The number of fused-ring (bicyclic) bond motifs is 1. The highest BCUT2D eigenvalue weighted by molar-refractivity contribution is 5.95. The molecule has 3 heterocycles. The molecule has 1 aliphatic heterocycles. The second-order valence-corrected chi connectivity index (χ2v) is 6.52. The summed E-state index contributed by atoms with van der Waals surface area (Å²) in [6.45, 7) is 1.37. The summed E-state index contributed by atoms with van der Waals surface area (Å²) in [4.78, 5) is 31.3. The van der Waals surface area contributed by atoms with Crippen LogP contribution in [0.4, 0.5) is 0 Å². The van der Waals surface area contributed by atoms with Crippen molar-refractivity contribution in [2.45, 2.75) is 18.9 Å². The molecule has 0 radical (unpaired) electrons. The molecule has 3 aromatic rings. The lowest BCUT2D eigenvalue weighted by Crippen LogP contribution is -2.38. The van der Waals surface area contributed by atoms with Crippen molar-refractivity contribution in [1.29, 1.82) is 0 Å². The summed E-state index contributed by atoms with van der Waals surface area (Å²) in [5.41, 5.74) is 3.42. The number of imidazole rings is 1. The highest BCUT2D eigenvalue weighted by atomic mass is 16.5. The summed E-state index contributed by atoms with van der Waals surface area (Å²) in [6, 6.07) is 9.49. The third-order valence-corrected chi connectivity index (χ3v) is 4.77. The Kier molecular flexibility index (Phi) is 4.30. The third-order valence-electron chi connectivity index (χ3n) is 4.77. The average Bonchev–Trinajstić information content (AvgIpc) is 2.96. The number of ether oxygens (including phenoxy) is 1. The van der Waals surface area contributed by atoms with Crippen LogP contribution in [0.5, 0.6) is 0 Å². The number of H-pyrrole nitrogens is 1. The molecule has 0 bridgehead atoms. The summed E-state index contributed by atoms with van der Waals surface area (Å²) in [5, 5.41) is 3.07. The largest absolute Gasteiger partial charge is 0.381 e. The van der Waals surface area contributed by atoms with Gasteiger partial charge in [0.15, 0.2) is 5.65 Å². The molecular weight excluding hydrogens is 332 g/mol. The number of benzene rings is 1. The maximum atomic E-state index is 12.5. The number of aromatic nitrogens is 3. The number of amides is 1. The number of carbonyl (C=O) groups is 1. The standard InChI is InChI=1S/C19H20N4O3/c1-23-16-10-14(11-20-17(16)22-19(23)25)12-3-2-4-13(9-12)18(24)21-15-5-7-26-8-6-15/h2-4,9-11,15H,5-8H2,1H3,(H,21,24)(H,20,22,25). The SMILES string of the molecule is Cn1c(=O)[nH]c2ncc(-c3cccc(C(=O)NC4CCOCC4)c3)cc21. The Morgan fingerprint density at radius 2 is 2.08 bits per heavy atom. The lowest BCUT2D eigenvalue weighted by molar-refractivity contribution is 0.0696. The van der Waals surface area contributed by atoms with Gasteiger partial charge in [-0.1, -0.05) is 12.1 Å². The summed E-state index contributed by atoms with van der Waals surface area (Å²) in [6.07, 6.45) is 3.38. The molecule has 4 rings (SSSR count). The fourth-order valence-electron chi connectivity index (χ4n) is 3.21. The number of nitrogens with zero attached hydrogens (tertiary/aromatic N) is 2. The lowest BCUT2D eigenvalue weighted by Gasteiger charge is -2.23. The van der Waals surface area contributed by atoms with E-state index in [1.807, 2.05) is 24.3 Å². The Labute approximate surface area is 150 Å². The van der Waals surface area contributed by atoms with E-state index in [-0.39, 0.29) is 17.6 Å². The Hall–Kier alpha value is -2.93. The van der Waals surface area contributed by atoms with Gasteiger partial charge in [-0.3, -0.25) is 14.3 Å². The predicted octanol–water partition coefficient (Wildman–Crippen LogP) is 1.84. The molecular formula is C19H20N4O3. The average molecular weight is 352 g/mol. The number of hydrogen-bond donors (Lipinski definition) is 2.